The number of hydrogen-bond donors (Lipinski definition) is 1. The van der Waals surface area contributed by atoms with Gasteiger partial charge in [-0.2, -0.15) is 0 Å². The molecule has 1 aliphatic rings. The van der Waals surface area contributed by atoms with E-state index in [1.807, 2.05) is 0 Å². The molecular weight excluding hydrogens is 359 g/mol. The Labute approximate surface area is 133 Å². The number of rotatable bonds is 4. The van der Waals surface area contributed by atoms with Crippen LogP contribution in [0.2, 0.25) is 0 Å². The number of hydrogen-bond acceptors (Lipinski definition) is 3. The molecule has 0 atom stereocenters. The number of sulfonamides is 1. The minimum absolute atomic E-state index is 0.0329. The third-order valence-electron chi connectivity index (χ3n) is 3.78. The largest absolute Gasteiger partial charge is 0.301 e. The highest BCUT2D eigenvalue weighted by Crippen LogP contribution is 2.21. The topological polar surface area (TPSA) is 49.4 Å². The lowest BCUT2D eigenvalue weighted by Crippen LogP contribution is -2.46. The molecule has 4 nitrogen and oxygen atoms in total. The molecule has 1 aliphatic heterocycles. The summed E-state index contributed by atoms with van der Waals surface area (Å²) in [5.41, 5.74) is 0. The van der Waals surface area contributed by atoms with Crippen molar-refractivity contribution in [2.24, 2.45) is 0 Å². The van der Waals surface area contributed by atoms with E-state index in [9.17, 15) is 12.8 Å². The lowest BCUT2D eigenvalue weighted by atomic mass is 10.1. The zero-order chi connectivity index (χ0) is 15.6. The summed E-state index contributed by atoms with van der Waals surface area (Å²) in [5, 5.41) is 0. The summed E-state index contributed by atoms with van der Waals surface area (Å²) in [6, 6.07) is 4.24. The normalized spacial score (nSPS) is 18.3. The van der Waals surface area contributed by atoms with Gasteiger partial charge in [-0.1, -0.05) is 0 Å². The molecule has 0 radical (unpaired) electrons. The van der Waals surface area contributed by atoms with E-state index in [2.05, 4.69) is 39.4 Å². The Kier molecular flexibility index (Phi) is 5.40. The molecule has 1 aromatic rings. The highest BCUT2D eigenvalue weighted by atomic mass is 79.9. The molecule has 1 heterocycles. The Bertz CT molecular complexity index is 599. The Hall–Kier alpha value is -0.500. The molecule has 0 amide bonds. The van der Waals surface area contributed by atoms with Crippen LogP contribution in [0, 0.1) is 5.82 Å². The molecule has 0 saturated carbocycles. The zero-order valence-corrected chi connectivity index (χ0v) is 14.5. The average molecular weight is 379 g/mol. The van der Waals surface area contributed by atoms with Gasteiger partial charge in [0.1, 0.15) is 5.82 Å². The van der Waals surface area contributed by atoms with E-state index in [1.165, 1.54) is 12.1 Å². The van der Waals surface area contributed by atoms with Crippen molar-refractivity contribution < 1.29 is 12.8 Å². The van der Waals surface area contributed by atoms with Crippen molar-refractivity contribution in [2.75, 3.05) is 13.1 Å². The summed E-state index contributed by atoms with van der Waals surface area (Å²) in [6.45, 7) is 6.02. The summed E-state index contributed by atoms with van der Waals surface area (Å²) < 4.78 is 41.0. The quantitative estimate of drug-likeness (QED) is 0.875. The molecule has 118 valence electrons. The third-order valence-corrected chi connectivity index (χ3v) is 5.94. The Morgan fingerprint density at radius 3 is 2.48 bits per heavy atom. The molecule has 0 unspecified atom stereocenters. The van der Waals surface area contributed by atoms with Crippen molar-refractivity contribution >= 4 is 26.0 Å². The standard InChI is InChI=1S/C14H20BrFN2O2S/c1-10(2)18-7-5-11(6-8-18)17-21(19,20)12-3-4-13(15)14(16)9-12/h3-4,9-11,17H,5-8H2,1-2H3. The molecule has 2 rings (SSSR count). The number of benzene rings is 1. The van der Waals surface area contributed by atoms with Crippen LogP contribution >= 0.6 is 15.9 Å². The average Bonchev–Trinajstić information content (AvgIpc) is 2.42. The lowest BCUT2D eigenvalue weighted by molar-refractivity contribution is 0.168. The van der Waals surface area contributed by atoms with Crippen LogP contribution in [-0.2, 0) is 10.0 Å². The van der Waals surface area contributed by atoms with Gasteiger partial charge in [0.25, 0.3) is 0 Å². The predicted molar refractivity (Wildman–Crippen MR) is 84.2 cm³/mol. The summed E-state index contributed by atoms with van der Waals surface area (Å²) in [4.78, 5) is 2.29. The van der Waals surface area contributed by atoms with Gasteiger partial charge in [-0.25, -0.2) is 17.5 Å². The van der Waals surface area contributed by atoms with Crippen molar-refractivity contribution in [1.29, 1.82) is 0 Å². The maximum Gasteiger partial charge on any atom is 0.240 e. The summed E-state index contributed by atoms with van der Waals surface area (Å²) in [7, 11) is -3.67. The molecular formula is C14H20BrFN2O2S. The van der Waals surface area contributed by atoms with Crippen molar-refractivity contribution in [2.45, 2.75) is 43.7 Å². The Morgan fingerprint density at radius 1 is 1.33 bits per heavy atom. The first-order valence-electron chi connectivity index (χ1n) is 7.01. The number of piperidine rings is 1. The van der Waals surface area contributed by atoms with Crippen LogP contribution in [0.5, 0.6) is 0 Å². The van der Waals surface area contributed by atoms with Gasteiger partial charge >= 0.3 is 0 Å². The summed E-state index contributed by atoms with van der Waals surface area (Å²) in [6.07, 6.45) is 1.55. The van der Waals surface area contributed by atoms with Crippen LogP contribution in [0.1, 0.15) is 26.7 Å². The van der Waals surface area contributed by atoms with Gasteiger partial charge in [0.2, 0.25) is 10.0 Å². The predicted octanol–water partition coefficient (Wildman–Crippen LogP) is 2.74. The molecule has 1 aromatic carbocycles. The fraction of sp³-hybridized carbons (Fsp3) is 0.571. The van der Waals surface area contributed by atoms with Gasteiger partial charge in [-0.15, -0.1) is 0 Å². The second kappa shape index (κ2) is 6.73. The molecule has 1 N–H and O–H groups in total. The zero-order valence-electron chi connectivity index (χ0n) is 12.1. The maximum absolute atomic E-state index is 13.5. The second-order valence-electron chi connectivity index (χ2n) is 5.60. The monoisotopic (exact) mass is 378 g/mol. The first kappa shape index (κ1) is 16.9. The number of halogens is 2. The molecule has 0 spiro atoms. The smallest absolute Gasteiger partial charge is 0.240 e. The Morgan fingerprint density at radius 2 is 1.95 bits per heavy atom. The Balaban J connectivity index is 2.03. The summed E-state index contributed by atoms with van der Waals surface area (Å²) in [5.74, 6) is -0.576. The highest BCUT2D eigenvalue weighted by molar-refractivity contribution is 9.10. The highest BCUT2D eigenvalue weighted by Gasteiger charge is 2.25. The number of likely N-dealkylation sites (tertiary alicyclic amines) is 1. The summed E-state index contributed by atoms with van der Waals surface area (Å²) >= 11 is 3.02. The SMILES string of the molecule is CC(C)N1CCC(NS(=O)(=O)c2ccc(Br)c(F)c2)CC1. The van der Waals surface area contributed by atoms with Crippen LogP contribution in [0.25, 0.3) is 0 Å². The van der Waals surface area contributed by atoms with E-state index in [4.69, 9.17) is 0 Å². The molecule has 7 heteroatoms. The van der Waals surface area contributed by atoms with E-state index in [1.54, 1.807) is 0 Å². The van der Waals surface area contributed by atoms with Crippen LogP contribution < -0.4 is 4.72 Å². The van der Waals surface area contributed by atoms with Gasteiger partial charge in [0, 0.05) is 12.1 Å². The van der Waals surface area contributed by atoms with Crippen LogP contribution in [-0.4, -0.2) is 38.5 Å². The van der Waals surface area contributed by atoms with Crippen molar-refractivity contribution in [3.05, 3.63) is 28.5 Å². The lowest BCUT2D eigenvalue weighted by Gasteiger charge is -2.34. The van der Waals surface area contributed by atoms with Gasteiger partial charge in [-0.3, -0.25) is 0 Å². The number of nitrogens with zero attached hydrogens (tertiary/aromatic N) is 1. The molecule has 1 saturated heterocycles. The molecule has 1 fully saturated rings. The first-order chi connectivity index (χ1) is 9.79. The van der Waals surface area contributed by atoms with E-state index in [0.717, 1.165) is 32.0 Å². The van der Waals surface area contributed by atoms with Gasteiger partial charge in [0.15, 0.2) is 0 Å². The first-order valence-corrected chi connectivity index (χ1v) is 9.28. The minimum Gasteiger partial charge on any atom is -0.301 e. The second-order valence-corrected chi connectivity index (χ2v) is 8.17. The van der Waals surface area contributed by atoms with E-state index >= 15 is 0 Å². The van der Waals surface area contributed by atoms with Gasteiger partial charge < -0.3 is 4.90 Å². The minimum atomic E-state index is -3.67. The van der Waals surface area contributed by atoms with E-state index in [-0.39, 0.29) is 15.4 Å². The van der Waals surface area contributed by atoms with E-state index in [0.29, 0.717) is 6.04 Å². The fourth-order valence-corrected chi connectivity index (χ4v) is 4.03. The van der Waals surface area contributed by atoms with Crippen LogP contribution in [0.3, 0.4) is 0 Å². The number of nitrogens with one attached hydrogen (secondary N) is 1. The van der Waals surface area contributed by atoms with Gasteiger partial charge in [-0.05, 0) is 73.9 Å². The van der Waals surface area contributed by atoms with Crippen molar-refractivity contribution in [3.8, 4) is 0 Å². The molecule has 0 bridgehead atoms. The van der Waals surface area contributed by atoms with Crippen LogP contribution in [0.15, 0.2) is 27.6 Å². The third kappa shape index (κ3) is 4.25. The molecule has 0 aliphatic carbocycles. The molecule has 21 heavy (non-hydrogen) atoms. The van der Waals surface area contributed by atoms with E-state index < -0.39 is 15.8 Å². The maximum atomic E-state index is 13.5. The van der Waals surface area contributed by atoms with Crippen LogP contribution in [0.4, 0.5) is 4.39 Å². The fourth-order valence-electron chi connectivity index (χ4n) is 2.47. The van der Waals surface area contributed by atoms with Gasteiger partial charge in [0.05, 0.1) is 9.37 Å². The van der Waals surface area contributed by atoms with Crippen molar-refractivity contribution in [3.63, 3.8) is 0 Å². The van der Waals surface area contributed by atoms with Crippen molar-refractivity contribution in [1.82, 2.24) is 9.62 Å². The molecule has 0 aromatic heterocycles.